The van der Waals surface area contributed by atoms with Crippen LogP contribution in [0.3, 0.4) is 0 Å². The quantitative estimate of drug-likeness (QED) is 0.717. The predicted molar refractivity (Wildman–Crippen MR) is 119 cm³/mol. The van der Waals surface area contributed by atoms with E-state index in [0.29, 0.717) is 0 Å². The monoisotopic (exact) mass is 413 g/mol. The predicted octanol–water partition coefficient (Wildman–Crippen LogP) is 5.28. The van der Waals surface area contributed by atoms with E-state index in [-0.39, 0.29) is 11.8 Å². The van der Waals surface area contributed by atoms with Crippen LogP contribution in [0, 0.1) is 12.7 Å². The number of benzene rings is 2. The van der Waals surface area contributed by atoms with E-state index >= 15 is 0 Å². The minimum Gasteiger partial charge on any atom is -0.370 e. The van der Waals surface area contributed by atoms with Gasteiger partial charge in [-0.15, -0.1) is 0 Å². The summed E-state index contributed by atoms with van der Waals surface area (Å²) >= 11 is 1.99. The summed E-state index contributed by atoms with van der Waals surface area (Å²) in [6.07, 6.45) is 3.85. The van der Waals surface area contributed by atoms with Gasteiger partial charge >= 0.3 is 6.03 Å². The van der Waals surface area contributed by atoms with Crippen molar-refractivity contribution in [2.45, 2.75) is 38.1 Å². The molecule has 0 radical (unpaired) electrons. The van der Waals surface area contributed by atoms with Gasteiger partial charge in [0, 0.05) is 36.0 Å². The average Bonchev–Trinajstić information content (AvgIpc) is 3.20. The molecule has 2 amide bonds. The Labute approximate surface area is 176 Å². The zero-order chi connectivity index (χ0) is 20.3. The summed E-state index contributed by atoms with van der Waals surface area (Å²) in [5, 5.41) is 6.22. The molecule has 6 heteroatoms. The van der Waals surface area contributed by atoms with E-state index in [0.717, 1.165) is 67.1 Å². The summed E-state index contributed by atoms with van der Waals surface area (Å²) in [4.78, 5) is 15.2. The number of hydrogen-bond donors (Lipinski definition) is 2. The molecule has 2 aliphatic rings. The van der Waals surface area contributed by atoms with Gasteiger partial charge in [-0.25, -0.2) is 9.18 Å². The molecule has 2 aromatic rings. The van der Waals surface area contributed by atoms with Crippen LogP contribution >= 0.6 is 11.8 Å². The highest BCUT2D eigenvalue weighted by Gasteiger charge is 2.37. The van der Waals surface area contributed by atoms with Crippen LogP contribution in [-0.2, 0) is 5.54 Å². The van der Waals surface area contributed by atoms with Crippen LogP contribution in [0.2, 0.25) is 0 Å². The second kappa shape index (κ2) is 8.66. The second-order valence-electron chi connectivity index (χ2n) is 7.97. The second-order valence-corrected chi connectivity index (χ2v) is 9.20. The molecule has 4 rings (SSSR count). The molecule has 2 aromatic carbocycles. The van der Waals surface area contributed by atoms with Gasteiger partial charge in [0.15, 0.2) is 0 Å². The van der Waals surface area contributed by atoms with Gasteiger partial charge in [-0.2, -0.15) is 11.8 Å². The van der Waals surface area contributed by atoms with Crippen molar-refractivity contribution >= 4 is 29.2 Å². The van der Waals surface area contributed by atoms with Crippen LogP contribution in [0.25, 0.3) is 0 Å². The molecule has 0 atom stereocenters. The Morgan fingerprint density at radius 2 is 1.76 bits per heavy atom. The molecule has 4 nitrogen and oxygen atoms in total. The largest absolute Gasteiger partial charge is 0.370 e. The minimum absolute atomic E-state index is 0.207. The third kappa shape index (κ3) is 4.53. The number of rotatable bonds is 4. The first-order valence-electron chi connectivity index (χ1n) is 10.3. The lowest BCUT2D eigenvalue weighted by molar-refractivity contribution is 0.236. The Kier molecular flexibility index (Phi) is 5.99. The highest BCUT2D eigenvalue weighted by Crippen LogP contribution is 2.39. The molecule has 0 bridgehead atoms. The average molecular weight is 414 g/mol. The third-order valence-corrected chi connectivity index (χ3v) is 6.98. The molecule has 2 N–H and O–H groups in total. The lowest BCUT2D eigenvalue weighted by Crippen LogP contribution is -2.45. The standard InChI is InChI=1S/C23H28FN3OS/c1-17-16-20(27-12-14-29-15-13-27)8-9-21(17)25-22(28)26-23(10-2-3-11-23)18-4-6-19(24)7-5-18/h4-9,16H,2-3,10-15H2,1H3,(H2,25,26,28). The SMILES string of the molecule is Cc1cc(N2CCSCC2)ccc1NC(=O)NC1(c2ccc(F)cc2)CCCC1. The first-order chi connectivity index (χ1) is 14.1. The van der Waals surface area contributed by atoms with E-state index in [1.54, 1.807) is 12.1 Å². The smallest absolute Gasteiger partial charge is 0.319 e. The number of aryl methyl sites for hydroxylation is 1. The highest BCUT2D eigenvalue weighted by atomic mass is 32.2. The number of carbonyl (C=O) groups is 1. The molecule has 1 saturated heterocycles. The summed E-state index contributed by atoms with van der Waals surface area (Å²) in [5.41, 5.74) is 3.65. The van der Waals surface area contributed by atoms with Gasteiger partial charge in [-0.1, -0.05) is 25.0 Å². The van der Waals surface area contributed by atoms with Gasteiger partial charge in [-0.05, 0) is 61.2 Å². The lowest BCUT2D eigenvalue weighted by atomic mass is 9.88. The summed E-state index contributed by atoms with van der Waals surface area (Å²) in [6, 6.07) is 12.5. The maximum atomic E-state index is 13.4. The zero-order valence-corrected chi connectivity index (χ0v) is 17.7. The van der Waals surface area contributed by atoms with Gasteiger partial charge < -0.3 is 15.5 Å². The van der Waals surface area contributed by atoms with Crippen molar-refractivity contribution in [2.75, 3.05) is 34.8 Å². The fourth-order valence-electron chi connectivity index (χ4n) is 4.41. The number of thioether (sulfide) groups is 1. The molecule has 2 fully saturated rings. The van der Waals surface area contributed by atoms with E-state index < -0.39 is 5.54 Å². The Balaban J connectivity index is 1.46. The molecule has 1 heterocycles. The van der Waals surface area contributed by atoms with Crippen LogP contribution < -0.4 is 15.5 Å². The van der Waals surface area contributed by atoms with Gasteiger partial charge in [0.25, 0.3) is 0 Å². The Morgan fingerprint density at radius 3 is 2.41 bits per heavy atom. The third-order valence-electron chi connectivity index (χ3n) is 6.04. The number of anilines is 2. The number of hydrogen-bond acceptors (Lipinski definition) is 3. The Bertz CT molecular complexity index is 859. The molecule has 29 heavy (non-hydrogen) atoms. The summed E-state index contributed by atoms with van der Waals surface area (Å²) in [7, 11) is 0. The Hall–Kier alpha value is -2.21. The molecular formula is C23H28FN3OS. The minimum atomic E-state index is -0.420. The molecule has 1 saturated carbocycles. The summed E-state index contributed by atoms with van der Waals surface area (Å²) in [6.45, 7) is 4.16. The Morgan fingerprint density at radius 1 is 1.07 bits per heavy atom. The number of amides is 2. The van der Waals surface area contributed by atoms with Crippen molar-refractivity contribution in [2.24, 2.45) is 0 Å². The van der Waals surface area contributed by atoms with Crippen LogP contribution in [0.5, 0.6) is 0 Å². The van der Waals surface area contributed by atoms with E-state index in [1.807, 2.05) is 24.8 Å². The van der Waals surface area contributed by atoms with E-state index in [4.69, 9.17) is 0 Å². The first kappa shape index (κ1) is 20.1. The molecule has 154 valence electrons. The zero-order valence-electron chi connectivity index (χ0n) is 16.8. The number of carbonyl (C=O) groups excluding carboxylic acids is 1. The fraction of sp³-hybridized carbons (Fsp3) is 0.435. The normalized spacial score (nSPS) is 18.5. The number of nitrogens with zero attached hydrogens (tertiary/aromatic N) is 1. The summed E-state index contributed by atoms with van der Waals surface area (Å²) < 4.78 is 13.4. The molecule has 0 aromatic heterocycles. The van der Waals surface area contributed by atoms with E-state index in [1.165, 1.54) is 17.8 Å². The first-order valence-corrected chi connectivity index (χ1v) is 11.5. The van der Waals surface area contributed by atoms with Gasteiger partial charge in [0.1, 0.15) is 5.82 Å². The van der Waals surface area contributed by atoms with Crippen LogP contribution in [0.4, 0.5) is 20.6 Å². The summed E-state index contributed by atoms with van der Waals surface area (Å²) in [5.74, 6) is 2.06. The number of urea groups is 1. The molecule has 0 spiro atoms. The van der Waals surface area contributed by atoms with Crippen molar-refractivity contribution in [1.29, 1.82) is 0 Å². The molecule has 1 aliphatic heterocycles. The highest BCUT2D eigenvalue weighted by molar-refractivity contribution is 7.99. The maximum Gasteiger partial charge on any atom is 0.319 e. The van der Waals surface area contributed by atoms with Crippen LogP contribution in [0.1, 0.15) is 36.8 Å². The molecule has 1 aliphatic carbocycles. The van der Waals surface area contributed by atoms with E-state index in [9.17, 15) is 9.18 Å². The maximum absolute atomic E-state index is 13.4. The lowest BCUT2D eigenvalue weighted by Gasteiger charge is -2.31. The van der Waals surface area contributed by atoms with Gasteiger partial charge in [0.05, 0.1) is 5.54 Å². The van der Waals surface area contributed by atoms with Gasteiger partial charge in [0.2, 0.25) is 0 Å². The van der Waals surface area contributed by atoms with Crippen molar-refractivity contribution < 1.29 is 9.18 Å². The van der Waals surface area contributed by atoms with E-state index in [2.05, 4.69) is 27.7 Å². The van der Waals surface area contributed by atoms with Crippen molar-refractivity contribution in [3.05, 3.63) is 59.4 Å². The van der Waals surface area contributed by atoms with Crippen LogP contribution in [0.15, 0.2) is 42.5 Å². The number of halogens is 1. The molecular weight excluding hydrogens is 385 g/mol. The van der Waals surface area contributed by atoms with Gasteiger partial charge in [-0.3, -0.25) is 0 Å². The van der Waals surface area contributed by atoms with Crippen molar-refractivity contribution in [3.8, 4) is 0 Å². The van der Waals surface area contributed by atoms with Crippen molar-refractivity contribution in [1.82, 2.24) is 5.32 Å². The molecule has 0 unspecified atom stereocenters. The van der Waals surface area contributed by atoms with Crippen molar-refractivity contribution in [3.63, 3.8) is 0 Å². The fourth-order valence-corrected chi connectivity index (χ4v) is 5.31. The topological polar surface area (TPSA) is 44.4 Å². The van der Waals surface area contributed by atoms with Crippen LogP contribution in [-0.4, -0.2) is 30.6 Å². The number of nitrogens with one attached hydrogen (secondary N) is 2.